The van der Waals surface area contributed by atoms with Crippen LogP contribution in [0.2, 0.25) is 5.02 Å². The van der Waals surface area contributed by atoms with Crippen LogP contribution in [0.4, 0.5) is 0 Å². The first kappa shape index (κ1) is 14.5. The Balaban J connectivity index is 2.41. The first-order chi connectivity index (χ1) is 9.17. The fourth-order valence-corrected chi connectivity index (χ4v) is 2.97. The van der Waals surface area contributed by atoms with E-state index < -0.39 is 0 Å². The highest BCUT2D eigenvalue weighted by molar-refractivity contribution is 9.10. The molecule has 0 saturated heterocycles. The van der Waals surface area contributed by atoms with Gasteiger partial charge in [-0.25, -0.2) is 5.43 Å². The van der Waals surface area contributed by atoms with Crippen LogP contribution in [0.15, 0.2) is 34.9 Å². The largest absolute Gasteiger partial charge is 0.271 e. The first-order valence-corrected chi connectivity index (χ1v) is 7.27. The summed E-state index contributed by atoms with van der Waals surface area (Å²) < 4.78 is 2.89. The first-order valence-electron chi connectivity index (χ1n) is 6.10. The summed E-state index contributed by atoms with van der Waals surface area (Å²) in [5.74, 6) is 5.72. The van der Waals surface area contributed by atoms with Gasteiger partial charge in [0, 0.05) is 22.2 Å². The molecule has 0 saturated carbocycles. The molecule has 2 rings (SSSR count). The number of nitrogens with zero attached hydrogens (tertiary/aromatic N) is 2. The zero-order valence-electron chi connectivity index (χ0n) is 10.6. The molecule has 0 aliphatic carbocycles. The lowest BCUT2D eigenvalue weighted by atomic mass is 10.0. The van der Waals surface area contributed by atoms with Crippen LogP contribution in [0, 0.1) is 0 Å². The van der Waals surface area contributed by atoms with Gasteiger partial charge in [0.2, 0.25) is 0 Å². The number of nitrogens with one attached hydrogen (secondary N) is 1. The summed E-state index contributed by atoms with van der Waals surface area (Å²) in [5.41, 5.74) is 4.91. The van der Waals surface area contributed by atoms with Crippen LogP contribution < -0.4 is 11.3 Å². The van der Waals surface area contributed by atoms with E-state index in [1.807, 2.05) is 28.9 Å². The van der Waals surface area contributed by atoms with Gasteiger partial charge in [-0.05, 0) is 30.2 Å². The van der Waals surface area contributed by atoms with E-state index in [2.05, 4.69) is 33.4 Å². The summed E-state index contributed by atoms with van der Waals surface area (Å²) in [5, 5.41) is 5.02. The molecule has 1 unspecified atom stereocenters. The Labute approximate surface area is 126 Å². The SMILES string of the molecule is CCCn1nccc1C(NN)c1ccc(Cl)cc1Br. The van der Waals surface area contributed by atoms with Gasteiger partial charge in [-0.2, -0.15) is 5.10 Å². The molecule has 0 radical (unpaired) electrons. The third kappa shape index (κ3) is 3.17. The minimum atomic E-state index is -0.124. The highest BCUT2D eigenvalue weighted by Crippen LogP contribution is 2.30. The second-order valence-corrected chi connectivity index (χ2v) is 5.54. The lowest BCUT2D eigenvalue weighted by Gasteiger charge is -2.19. The van der Waals surface area contributed by atoms with Crippen LogP contribution in [-0.2, 0) is 6.54 Å². The Morgan fingerprint density at radius 2 is 2.26 bits per heavy atom. The molecule has 0 fully saturated rings. The van der Waals surface area contributed by atoms with Gasteiger partial charge in [0.1, 0.15) is 0 Å². The highest BCUT2D eigenvalue weighted by Gasteiger charge is 2.19. The zero-order chi connectivity index (χ0) is 13.8. The van der Waals surface area contributed by atoms with E-state index in [1.54, 1.807) is 6.20 Å². The molecule has 19 heavy (non-hydrogen) atoms. The van der Waals surface area contributed by atoms with Crippen molar-refractivity contribution < 1.29 is 0 Å². The van der Waals surface area contributed by atoms with Gasteiger partial charge in [0.05, 0.1) is 11.7 Å². The van der Waals surface area contributed by atoms with Crippen molar-refractivity contribution >= 4 is 27.5 Å². The van der Waals surface area contributed by atoms with Crippen molar-refractivity contribution in [3.63, 3.8) is 0 Å². The van der Waals surface area contributed by atoms with Gasteiger partial charge in [-0.3, -0.25) is 10.5 Å². The molecule has 0 amide bonds. The molecule has 3 N–H and O–H groups in total. The quantitative estimate of drug-likeness (QED) is 0.647. The number of aryl methyl sites for hydroxylation is 1. The molecule has 1 aromatic carbocycles. The number of hydrogen-bond donors (Lipinski definition) is 2. The Kier molecular flexibility index (Phi) is 4.99. The van der Waals surface area contributed by atoms with Crippen LogP contribution in [0.1, 0.15) is 30.6 Å². The topological polar surface area (TPSA) is 55.9 Å². The summed E-state index contributed by atoms with van der Waals surface area (Å²) in [4.78, 5) is 0. The number of benzene rings is 1. The fraction of sp³-hybridized carbons (Fsp3) is 0.308. The van der Waals surface area contributed by atoms with Crippen molar-refractivity contribution in [2.75, 3.05) is 0 Å². The Bertz CT molecular complexity index is 555. The fourth-order valence-electron chi connectivity index (χ4n) is 2.06. The van der Waals surface area contributed by atoms with Crippen molar-refractivity contribution in [3.05, 3.63) is 51.2 Å². The lowest BCUT2D eigenvalue weighted by Crippen LogP contribution is -2.31. The number of aromatic nitrogens is 2. The normalized spacial score (nSPS) is 12.6. The van der Waals surface area contributed by atoms with E-state index in [4.69, 9.17) is 17.4 Å². The lowest BCUT2D eigenvalue weighted by molar-refractivity contribution is 0.520. The monoisotopic (exact) mass is 342 g/mol. The minimum absolute atomic E-state index is 0.124. The van der Waals surface area contributed by atoms with Gasteiger partial charge in [0.15, 0.2) is 0 Å². The van der Waals surface area contributed by atoms with Crippen molar-refractivity contribution in [2.45, 2.75) is 25.9 Å². The number of nitrogens with two attached hydrogens (primary N) is 1. The average Bonchev–Trinajstić information content (AvgIpc) is 2.82. The summed E-state index contributed by atoms with van der Waals surface area (Å²) in [6, 6.07) is 7.52. The van der Waals surface area contributed by atoms with Crippen LogP contribution >= 0.6 is 27.5 Å². The highest BCUT2D eigenvalue weighted by atomic mass is 79.9. The zero-order valence-corrected chi connectivity index (χ0v) is 12.9. The molecule has 0 aliphatic heterocycles. The summed E-state index contributed by atoms with van der Waals surface area (Å²) in [7, 11) is 0. The summed E-state index contributed by atoms with van der Waals surface area (Å²) >= 11 is 9.50. The van der Waals surface area contributed by atoms with Gasteiger partial charge in [-0.1, -0.05) is 40.5 Å². The average molecular weight is 344 g/mol. The summed E-state index contributed by atoms with van der Waals surface area (Å²) in [6.07, 6.45) is 2.81. The summed E-state index contributed by atoms with van der Waals surface area (Å²) in [6.45, 7) is 2.99. The second-order valence-electron chi connectivity index (χ2n) is 4.24. The molecule has 0 spiro atoms. The molecule has 4 nitrogen and oxygen atoms in total. The van der Waals surface area contributed by atoms with Gasteiger partial charge in [0.25, 0.3) is 0 Å². The van der Waals surface area contributed by atoms with Gasteiger partial charge < -0.3 is 0 Å². The van der Waals surface area contributed by atoms with Crippen molar-refractivity contribution in [3.8, 4) is 0 Å². The van der Waals surface area contributed by atoms with E-state index in [-0.39, 0.29) is 6.04 Å². The van der Waals surface area contributed by atoms with E-state index >= 15 is 0 Å². The number of halogens is 2. The standard InChI is InChI=1S/C13H16BrClN4/c1-2-7-19-12(5-6-17-19)13(18-16)10-4-3-9(15)8-11(10)14/h3-6,8,13,18H,2,7,16H2,1H3. The van der Waals surface area contributed by atoms with Crippen LogP contribution in [-0.4, -0.2) is 9.78 Å². The van der Waals surface area contributed by atoms with E-state index in [0.717, 1.165) is 28.7 Å². The van der Waals surface area contributed by atoms with Crippen molar-refractivity contribution in [1.29, 1.82) is 0 Å². The van der Waals surface area contributed by atoms with Crippen LogP contribution in [0.3, 0.4) is 0 Å². The molecular formula is C13H16BrClN4. The minimum Gasteiger partial charge on any atom is -0.271 e. The maximum Gasteiger partial charge on any atom is 0.0889 e. The maximum absolute atomic E-state index is 5.97. The van der Waals surface area contributed by atoms with E-state index in [0.29, 0.717) is 5.02 Å². The molecule has 6 heteroatoms. The maximum atomic E-state index is 5.97. The van der Waals surface area contributed by atoms with Gasteiger partial charge >= 0.3 is 0 Å². The van der Waals surface area contributed by atoms with E-state index in [1.165, 1.54) is 0 Å². The molecule has 0 bridgehead atoms. The predicted octanol–water partition coefficient (Wildman–Crippen LogP) is 3.26. The second kappa shape index (κ2) is 6.52. The third-order valence-electron chi connectivity index (χ3n) is 2.92. The van der Waals surface area contributed by atoms with Crippen LogP contribution in [0.5, 0.6) is 0 Å². The van der Waals surface area contributed by atoms with E-state index in [9.17, 15) is 0 Å². The Morgan fingerprint density at radius 3 is 2.89 bits per heavy atom. The predicted molar refractivity (Wildman–Crippen MR) is 80.8 cm³/mol. The molecule has 1 aromatic heterocycles. The van der Waals surface area contributed by atoms with Crippen molar-refractivity contribution in [1.82, 2.24) is 15.2 Å². The molecular weight excluding hydrogens is 328 g/mol. The molecule has 0 aliphatic rings. The molecule has 1 heterocycles. The third-order valence-corrected chi connectivity index (χ3v) is 3.84. The Morgan fingerprint density at radius 1 is 1.47 bits per heavy atom. The number of hydrazine groups is 1. The van der Waals surface area contributed by atoms with Gasteiger partial charge in [-0.15, -0.1) is 0 Å². The Hall–Kier alpha value is -0.880. The number of hydrogen-bond acceptors (Lipinski definition) is 3. The smallest absolute Gasteiger partial charge is 0.0889 e. The molecule has 1 atom stereocenters. The number of rotatable bonds is 5. The van der Waals surface area contributed by atoms with Crippen molar-refractivity contribution in [2.24, 2.45) is 5.84 Å². The van der Waals surface area contributed by atoms with Crippen LogP contribution in [0.25, 0.3) is 0 Å². The molecule has 102 valence electrons. The molecule has 2 aromatic rings.